The van der Waals surface area contributed by atoms with Gasteiger partial charge in [0.1, 0.15) is 11.6 Å². The van der Waals surface area contributed by atoms with Crippen molar-refractivity contribution < 1.29 is 4.79 Å². The molecule has 0 aliphatic rings. The van der Waals surface area contributed by atoms with Crippen LogP contribution in [0.3, 0.4) is 0 Å². The average molecular weight is 356 g/mol. The largest absolute Gasteiger partial charge is 0.343 e. The lowest BCUT2D eigenvalue weighted by atomic mass is 10.00. The van der Waals surface area contributed by atoms with Gasteiger partial charge in [0.25, 0.3) is 5.56 Å². The van der Waals surface area contributed by atoms with E-state index >= 15 is 0 Å². The molecule has 6 nitrogen and oxygen atoms in total. The van der Waals surface area contributed by atoms with Crippen LogP contribution >= 0.6 is 11.3 Å². The number of hydrogen-bond donors (Lipinski definition) is 1. The Balaban J connectivity index is 1.88. The van der Waals surface area contributed by atoms with Crippen molar-refractivity contribution in [1.82, 2.24) is 19.9 Å². The first-order chi connectivity index (χ1) is 11.9. The number of benzene rings is 1. The number of nitrogens with zero attached hydrogens (tertiary/aromatic N) is 3. The monoisotopic (exact) mass is 356 g/mol. The summed E-state index contributed by atoms with van der Waals surface area (Å²) in [5.74, 6) is -0.226. The number of rotatable bonds is 5. The van der Waals surface area contributed by atoms with Crippen LogP contribution in [0.2, 0.25) is 0 Å². The Kier molecular flexibility index (Phi) is 4.67. The summed E-state index contributed by atoms with van der Waals surface area (Å²) in [5.41, 5.74) is 1.42. The van der Waals surface area contributed by atoms with E-state index in [2.05, 4.69) is 15.3 Å². The average Bonchev–Trinajstić information content (AvgIpc) is 3.04. The molecule has 0 aliphatic heterocycles. The number of aryl methyl sites for hydroxylation is 1. The summed E-state index contributed by atoms with van der Waals surface area (Å²) in [6.45, 7) is 5.84. The molecule has 0 radical (unpaired) electrons. The van der Waals surface area contributed by atoms with Crippen molar-refractivity contribution >= 4 is 28.3 Å². The molecule has 3 rings (SSSR count). The lowest BCUT2D eigenvalue weighted by Gasteiger charge is -2.27. The zero-order chi connectivity index (χ0) is 18.0. The third kappa shape index (κ3) is 3.46. The Morgan fingerprint density at radius 1 is 1.36 bits per heavy atom. The maximum atomic E-state index is 12.6. The molecule has 0 saturated heterocycles. The van der Waals surface area contributed by atoms with Crippen LogP contribution in [0.5, 0.6) is 0 Å². The van der Waals surface area contributed by atoms with Crippen LogP contribution in [0.15, 0.2) is 40.6 Å². The first-order valence-electron chi connectivity index (χ1n) is 8.11. The van der Waals surface area contributed by atoms with Gasteiger partial charge in [0.15, 0.2) is 0 Å². The van der Waals surface area contributed by atoms with E-state index in [4.69, 9.17) is 0 Å². The number of nitrogens with one attached hydrogen (secondary N) is 1. The van der Waals surface area contributed by atoms with Gasteiger partial charge in [-0.1, -0.05) is 19.1 Å². The molecule has 1 aromatic carbocycles. The summed E-state index contributed by atoms with van der Waals surface area (Å²) < 4.78 is 1.45. The van der Waals surface area contributed by atoms with Crippen LogP contribution in [-0.2, 0) is 16.9 Å². The molecule has 2 aromatic heterocycles. The highest BCUT2D eigenvalue weighted by Gasteiger charge is 2.29. The fourth-order valence-electron chi connectivity index (χ4n) is 2.67. The van der Waals surface area contributed by atoms with E-state index in [1.807, 2.05) is 44.4 Å². The minimum atomic E-state index is -0.553. The fraction of sp³-hybridized carbons (Fsp3) is 0.333. The summed E-state index contributed by atoms with van der Waals surface area (Å²) in [4.78, 5) is 33.5. The number of hydrogen-bond acceptors (Lipinski definition) is 5. The molecule has 130 valence electrons. The van der Waals surface area contributed by atoms with Crippen molar-refractivity contribution in [1.29, 1.82) is 0 Å². The summed E-state index contributed by atoms with van der Waals surface area (Å²) >= 11 is 1.53. The zero-order valence-corrected chi connectivity index (χ0v) is 15.3. The normalized spacial score (nSPS) is 13.6. The number of carbonyl (C=O) groups excluding carboxylic acids is 1. The second kappa shape index (κ2) is 6.76. The molecule has 1 atom stereocenters. The smallest absolute Gasteiger partial charge is 0.269 e. The number of amides is 1. The highest BCUT2D eigenvalue weighted by molar-refractivity contribution is 7.09. The molecule has 0 aliphatic carbocycles. The Bertz CT molecular complexity index is 978. The molecule has 0 saturated carbocycles. The maximum Gasteiger partial charge on any atom is 0.269 e. The molecular formula is C18H20N4O2S. The van der Waals surface area contributed by atoms with Crippen molar-refractivity contribution in [2.45, 2.75) is 39.3 Å². The van der Waals surface area contributed by atoms with Crippen molar-refractivity contribution in [2.75, 3.05) is 0 Å². The van der Waals surface area contributed by atoms with Gasteiger partial charge in [-0.3, -0.25) is 14.2 Å². The molecule has 2 heterocycles. The standard InChI is InChI=1S/C18H20N4O2S/c1-4-18(3,17-20-12(2)11-25-17)21-15(23)10-22-14-8-6-5-7-13(14)19-9-16(22)24/h5-9,11H,4,10H2,1-3H3,(H,21,23)/t18-/m0/s1. The van der Waals surface area contributed by atoms with Gasteiger partial charge >= 0.3 is 0 Å². The van der Waals surface area contributed by atoms with E-state index in [9.17, 15) is 9.59 Å². The van der Waals surface area contributed by atoms with Gasteiger partial charge in [-0.15, -0.1) is 11.3 Å². The first-order valence-corrected chi connectivity index (χ1v) is 8.99. The lowest BCUT2D eigenvalue weighted by Crippen LogP contribution is -2.45. The van der Waals surface area contributed by atoms with Crippen LogP contribution in [0, 0.1) is 6.92 Å². The van der Waals surface area contributed by atoms with Gasteiger partial charge < -0.3 is 5.32 Å². The first kappa shape index (κ1) is 17.3. The number of fused-ring (bicyclic) bond motifs is 1. The van der Waals surface area contributed by atoms with Crippen LogP contribution in [-0.4, -0.2) is 20.4 Å². The van der Waals surface area contributed by atoms with Gasteiger partial charge in [0.2, 0.25) is 5.91 Å². The zero-order valence-electron chi connectivity index (χ0n) is 14.4. The Morgan fingerprint density at radius 2 is 2.12 bits per heavy atom. The SMILES string of the molecule is CC[C@](C)(NC(=O)Cn1c(=O)cnc2ccccc21)c1nc(C)cs1. The van der Waals surface area contributed by atoms with Gasteiger partial charge in [0, 0.05) is 11.1 Å². The highest BCUT2D eigenvalue weighted by Crippen LogP contribution is 2.27. The number of aromatic nitrogens is 3. The quantitative estimate of drug-likeness (QED) is 0.762. The van der Waals surface area contributed by atoms with Gasteiger partial charge in [0.05, 0.1) is 22.8 Å². The lowest BCUT2D eigenvalue weighted by molar-refractivity contribution is -0.123. The molecular weight excluding hydrogens is 336 g/mol. The summed E-state index contributed by atoms with van der Waals surface area (Å²) in [5, 5.41) is 5.88. The molecule has 1 N–H and O–H groups in total. The molecule has 7 heteroatoms. The van der Waals surface area contributed by atoms with E-state index in [1.165, 1.54) is 22.1 Å². The summed E-state index contributed by atoms with van der Waals surface area (Å²) in [6, 6.07) is 7.29. The van der Waals surface area contributed by atoms with E-state index in [-0.39, 0.29) is 18.0 Å². The topological polar surface area (TPSA) is 76.9 Å². The highest BCUT2D eigenvalue weighted by atomic mass is 32.1. The number of para-hydroxylation sites is 2. The second-order valence-electron chi connectivity index (χ2n) is 6.20. The van der Waals surface area contributed by atoms with Crippen molar-refractivity contribution in [2.24, 2.45) is 0 Å². The predicted molar refractivity (Wildman–Crippen MR) is 98.6 cm³/mol. The molecule has 1 amide bonds. The predicted octanol–water partition coefficient (Wildman–Crippen LogP) is 2.60. The second-order valence-corrected chi connectivity index (χ2v) is 7.06. The summed E-state index contributed by atoms with van der Waals surface area (Å²) in [7, 11) is 0. The van der Waals surface area contributed by atoms with Crippen LogP contribution in [0.1, 0.15) is 31.0 Å². The molecule has 3 aromatic rings. The minimum Gasteiger partial charge on any atom is -0.343 e. The van der Waals surface area contributed by atoms with E-state index in [1.54, 1.807) is 6.07 Å². The number of carbonyl (C=O) groups is 1. The van der Waals surface area contributed by atoms with Gasteiger partial charge in [-0.05, 0) is 32.4 Å². The van der Waals surface area contributed by atoms with E-state index < -0.39 is 5.54 Å². The summed E-state index contributed by atoms with van der Waals surface area (Å²) in [6.07, 6.45) is 1.95. The minimum absolute atomic E-state index is 0.0538. The fourth-order valence-corrected chi connectivity index (χ4v) is 3.66. The van der Waals surface area contributed by atoms with Crippen molar-refractivity contribution in [3.63, 3.8) is 0 Å². The van der Waals surface area contributed by atoms with E-state index in [0.717, 1.165) is 10.7 Å². The Hall–Kier alpha value is -2.54. The third-order valence-corrected chi connectivity index (χ3v) is 5.49. The Morgan fingerprint density at radius 3 is 2.80 bits per heavy atom. The third-order valence-electron chi connectivity index (χ3n) is 4.27. The molecule has 0 fully saturated rings. The molecule has 0 unspecified atom stereocenters. The molecule has 25 heavy (non-hydrogen) atoms. The molecule has 0 bridgehead atoms. The van der Waals surface area contributed by atoms with Crippen molar-refractivity contribution in [3.8, 4) is 0 Å². The van der Waals surface area contributed by atoms with E-state index in [0.29, 0.717) is 17.5 Å². The van der Waals surface area contributed by atoms with Gasteiger partial charge in [-0.25, -0.2) is 9.97 Å². The van der Waals surface area contributed by atoms with Crippen LogP contribution in [0.4, 0.5) is 0 Å². The van der Waals surface area contributed by atoms with Gasteiger partial charge in [-0.2, -0.15) is 0 Å². The van der Waals surface area contributed by atoms with Crippen LogP contribution in [0.25, 0.3) is 11.0 Å². The molecule has 0 spiro atoms. The van der Waals surface area contributed by atoms with Crippen LogP contribution < -0.4 is 10.9 Å². The Labute approximate surface area is 149 Å². The maximum absolute atomic E-state index is 12.6. The number of thiazole rings is 1. The van der Waals surface area contributed by atoms with Crippen molar-refractivity contribution in [3.05, 3.63) is 56.9 Å².